The summed E-state index contributed by atoms with van der Waals surface area (Å²) < 4.78 is 12.2. The van der Waals surface area contributed by atoms with Crippen molar-refractivity contribution in [2.45, 2.75) is 13.3 Å². The zero-order chi connectivity index (χ0) is 19.8. The third-order valence-corrected chi connectivity index (χ3v) is 6.08. The average Bonchev–Trinajstić information content (AvgIpc) is 3.11. The standard InChI is InChI=1S/C24H27N3O2/c1-17-20-6-7-25-16-18(20)14-22-21-15-19(4-5-23(21)29-24(17)22)28-13-3-8-27-11-9-26(2)10-12-27/h4-7,14-16H,3,8-13H2,1-2H3. The van der Waals surface area contributed by atoms with Gasteiger partial charge in [-0.3, -0.25) is 4.98 Å². The van der Waals surface area contributed by atoms with E-state index in [1.807, 2.05) is 30.6 Å². The Morgan fingerprint density at radius 2 is 1.90 bits per heavy atom. The summed E-state index contributed by atoms with van der Waals surface area (Å²) in [7, 11) is 2.19. The van der Waals surface area contributed by atoms with Crippen LogP contribution in [0.5, 0.6) is 5.75 Å². The molecule has 2 aromatic carbocycles. The summed E-state index contributed by atoms with van der Waals surface area (Å²) >= 11 is 0. The van der Waals surface area contributed by atoms with Gasteiger partial charge in [0.25, 0.3) is 0 Å². The highest BCUT2D eigenvalue weighted by molar-refractivity contribution is 6.12. The number of hydrogen-bond donors (Lipinski definition) is 0. The third kappa shape index (κ3) is 3.56. The van der Waals surface area contributed by atoms with Crippen LogP contribution in [-0.4, -0.2) is 61.2 Å². The molecule has 5 rings (SSSR count). The molecule has 1 aliphatic rings. The normalized spacial score (nSPS) is 16.2. The van der Waals surface area contributed by atoms with Gasteiger partial charge in [-0.1, -0.05) is 0 Å². The van der Waals surface area contributed by atoms with Gasteiger partial charge in [0.15, 0.2) is 0 Å². The summed E-state index contributed by atoms with van der Waals surface area (Å²) in [6.45, 7) is 8.59. The third-order valence-electron chi connectivity index (χ3n) is 6.08. The fourth-order valence-electron chi connectivity index (χ4n) is 4.30. The lowest BCUT2D eigenvalue weighted by Gasteiger charge is -2.32. The highest BCUT2D eigenvalue weighted by Crippen LogP contribution is 2.36. The van der Waals surface area contributed by atoms with E-state index in [-0.39, 0.29) is 0 Å². The molecule has 5 nitrogen and oxygen atoms in total. The second kappa shape index (κ2) is 7.65. The molecule has 0 radical (unpaired) electrons. The lowest BCUT2D eigenvalue weighted by Crippen LogP contribution is -2.44. The lowest BCUT2D eigenvalue weighted by atomic mass is 10.0. The molecule has 0 amide bonds. The van der Waals surface area contributed by atoms with Crippen molar-refractivity contribution in [1.82, 2.24) is 14.8 Å². The van der Waals surface area contributed by atoms with Crippen LogP contribution in [0.4, 0.5) is 0 Å². The van der Waals surface area contributed by atoms with E-state index in [2.05, 4.69) is 40.9 Å². The molecule has 0 unspecified atom stereocenters. The quantitative estimate of drug-likeness (QED) is 0.472. The number of furan rings is 1. The first-order chi connectivity index (χ1) is 14.2. The number of fused-ring (bicyclic) bond motifs is 4. The number of likely N-dealkylation sites (N-methyl/N-ethyl adjacent to an activating group) is 1. The summed E-state index contributed by atoms with van der Waals surface area (Å²) in [6.07, 6.45) is 4.79. The van der Waals surface area contributed by atoms with E-state index in [0.29, 0.717) is 0 Å². The van der Waals surface area contributed by atoms with Crippen LogP contribution in [0.3, 0.4) is 0 Å². The zero-order valence-electron chi connectivity index (χ0n) is 17.1. The number of nitrogens with zero attached hydrogens (tertiary/aromatic N) is 3. The van der Waals surface area contributed by atoms with Crippen molar-refractivity contribution in [2.24, 2.45) is 0 Å². The predicted molar refractivity (Wildman–Crippen MR) is 118 cm³/mol. The van der Waals surface area contributed by atoms with Crippen molar-refractivity contribution in [2.75, 3.05) is 46.4 Å². The van der Waals surface area contributed by atoms with Gasteiger partial charge in [-0.15, -0.1) is 0 Å². The van der Waals surface area contributed by atoms with Gasteiger partial charge in [-0.25, -0.2) is 0 Å². The number of hydrogen-bond acceptors (Lipinski definition) is 5. The van der Waals surface area contributed by atoms with Crippen molar-refractivity contribution >= 4 is 32.7 Å². The summed E-state index contributed by atoms with van der Waals surface area (Å²) in [6, 6.07) is 10.4. The lowest BCUT2D eigenvalue weighted by molar-refractivity contribution is 0.145. The van der Waals surface area contributed by atoms with E-state index in [9.17, 15) is 0 Å². The minimum absolute atomic E-state index is 0.736. The second-order valence-electron chi connectivity index (χ2n) is 8.08. The molecule has 3 heterocycles. The maximum absolute atomic E-state index is 6.17. The second-order valence-corrected chi connectivity index (χ2v) is 8.08. The number of piperazine rings is 1. The van der Waals surface area contributed by atoms with Gasteiger partial charge in [0.2, 0.25) is 0 Å². The number of aryl methyl sites for hydroxylation is 1. The zero-order valence-corrected chi connectivity index (χ0v) is 17.1. The van der Waals surface area contributed by atoms with E-state index >= 15 is 0 Å². The van der Waals surface area contributed by atoms with Crippen molar-refractivity contribution in [3.63, 3.8) is 0 Å². The fourth-order valence-corrected chi connectivity index (χ4v) is 4.30. The Balaban J connectivity index is 1.33. The van der Waals surface area contributed by atoms with Crippen molar-refractivity contribution in [3.05, 3.63) is 48.3 Å². The topological polar surface area (TPSA) is 41.7 Å². The summed E-state index contributed by atoms with van der Waals surface area (Å²) in [5, 5.41) is 4.55. The smallest absolute Gasteiger partial charge is 0.138 e. The number of benzene rings is 2. The minimum Gasteiger partial charge on any atom is -0.494 e. The number of pyridine rings is 1. The Morgan fingerprint density at radius 3 is 2.76 bits per heavy atom. The maximum atomic E-state index is 6.17. The Kier molecular flexibility index (Phi) is 4.86. The van der Waals surface area contributed by atoms with Crippen LogP contribution in [0.25, 0.3) is 32.7 Å². The van der Waals surface area contributed by atoms with Crippen molar-refractivity contribution in [3.8, 4) is 5.75 Å². The van der Waals surface area contributed by atoms with E-state index in [1.165, 1.54) is 5.39 Å². The SMILES string of the molecule is Cc1c2ccncc2cc2c1oc1ccc(OCCCN3CCN(C)CC3)cc12. The molecule has 29 heavy (non-hydrogen) atoms. The monoisotopic (exact) mass is 389 g/mol. The van der Waals surface area contributed by atoms with Gasteiger partial charge in [0, 0.05) is 66.8 Å². The molecule has 0 aliphatic carbocycles. The molecule has 1 fully saturated rings. The van der Waals surface area contributed by atoms with Crippen molar-refractivity contribution in [1.29, 1.82) is 0 Å². The van der Waals surface area contributed by atoms with Gasteiger partial charge in [-0.05, 0) is 56.1 Å². The summed E-state index contributed by atoms with van der Waals surface area (Å²) in [5.74, 6) is 0.905. The minimum atomic E-state index is 0.736. The van der Waals surface area contributed by atoms with Gasteiger partial charge in [0.1, 0.15) is 16.9 Å². The summed E-state index contributed by atoms with van der Waals surface area (Å²) in [4.78, 5) is 9.19. The van der Waals surface area contributed by atoms with E-state index in [0.717, 1.165) is 84.4 Å². The molecule has 0 atom stereocenters. The molecule has 150 valence electrons. The molecular weight excluding hydrogens is 362 g/mol. The largest absolute Gasteiger partial charge is 0.494 e. The van der Waals surface area contributed by atoms with Crippen LogP contribution in [0, 0.1) is 6.92 Å². The maximum Gasteiger partial charge on any atom is 0.138 e. The Hall–Kier alpha value is -2.63. The van der Waals surface area contributed by atoms with Crippen LogP contribution < -0.4 is 4.74 Å². The molecule has 2 aromatic heterocycles. The first kappa shape index (κ1) is 18.4. The molecular formula is C24H27N3O2. The van der Waals surface area contributed by atoms with Gasteiger partial charge in [-0.2, -0.15) is 0 Å². The van der Waals surface area contributed by atoms with Crippen LogP contribution in [0.15, 0.2) is 47.1 Å². The molecule has 0 spiro atoms. The molecule has 0 N–H and O–H groups in total. The van der Waals surface area contributed by atoms with Gasteiger partial charge >= 0.3 is 0 Å². The Bertz CT molecular complexity index is 1160. The average molecular weight is 389 g/mol. The van der Waals surface area contributed by atoms with E-state index < -0.39 is 0 Å². The number of rotatable bonds is 5. The van der Waals surface area contributed by atoms with E-state index in [1.54, 1.807) is 0 Å². The van der Waals surface area contributed by atoms with Gasteiger partial charge < -0.3 is 19.0 Å². The first-order valence-electron chi connectivity index (χ1n) is 10.4. The molecule has 0 saturated carbocycles. The number of aromatic nitrogens is 1. The Morgan fingerprint density at radius 1 is 1.03 bits per heavy atom. The molecule has 0 bridgehead atoms. The van der Waals surface area contributed by atoms with E-state index in [4.69, 9.17) is 9.15 Å². The van der Waals surface area contributed by atoms with Crippen LogP contribution in [0.2, 0.25) is 0 Å². The van der Waals surface area contributed by atoms with Crippen LogP contribution in [0.1, 0.15) is 12.0 Å². The first-order valence-corrected chi connectivity index (χ1v) is 10.4. The Labute approximate surface area is 170 Å². The van der Waals surface area contributed by atoms with Gasteiger partial charge in [0.05, 0.1) is 6.61 Å². The van der Waals surface area contributed by atoms with Crippen molar-refractivity contribution < 1.29 is 9.15 Å². The molecule has 4 aromatic rings. The summed E-state index contributed by atoms with van der Waals surface area (Å²) in [5.41, 5.74) is 3.01. The molecule has 1 saturated heterocycles. The van der Waals surface area contributed by atoms with Crippen LogP contribution in [-0.2, 0) is 0 Å². The highest BCUT2D eigenvalue weighted by Gasteiger charge is 2.14. The molecule has 1 aliphatic heterocycles. The van der Waals surface area contributed by atoms with Crippen LogP contribution >= 0.6 is 0 Å². The molecule has 5 heteroatoms. The fraction of sp³-hybridized carbons (Fsp3) is 0.375. The predicted octanol–water partition coefficient (Wildman–Crippen LogP) is 4.46. The highest BCUT2D eigenvalue weighted by atomic mass is 16.5. The number of ether oxygens (including phenoxy) is 1.